The van der Waals surface area contributed by atoms with E-state index < -0.39 is 0 Å². The highest BCUT2D eigenvalue weighted by Crippen LogP contribution is 2.29. The first-order valence-corrected chi connectivity index (χ1v) is 5.60. The molecule has 19 heavy (non-hydrogen) atoms. The summed E-state index contributed by atoms with van der Waals surface area (Å²) in [4.78, 5) is 2.80. The number of phenols is 1. The van der Waals surface area contributed by atoms with E-state index in [2.05, 4.69) is 0 Å². The highest BCUT2D eigenvalue weighted by atomic mass is 16.5. The molecule has 1 aromatic rings. The zero-order valence-electron chi connectivity index (χ0n) is 11.3. The standard InChI is InChI=1S/C12H19N5O2/c1-16(12(15)17(2)11(13)14)7-8-5-4-6-9(19-3)10(8)18/h4-6,15,18H,7H2,1-3H3,(H3,13,14). The molecule has 0 aliphatic rings. The molecule has 0 aliphatic carbocycles. The van der Waals surface area contributed by atoms with Crippen LogP contribution in [0.2, 0.25) is 0 Å². The van der Waals surface area contributed by atoms with Crippen molar-refractivity contribution in [2.45, 2.75) is 6.54 Å². The van der Waals surface area contributed by atoms with Crippen molar-refractivity contribution in [3.05, 3.63) is 23.8 Å². The van der Waals surface area contributed by atoms with E-state index in [0.29, 0.717) is 17.9 Å². The lowest BCUT2D eigenvalue weighted by molar-refractivity contribution is 0.363. The van der Waals surface area contributed by atoms with Crippen molar-refractivity contribution in [1.29, 1.82) is 10.8 Å². The van der Waals surface area contributed by atoms with Gasteiger partial charge in [0, 0.05) is 26.2 Å². The van der Waals surface area contributed by atoms with E-state index in [4.69, 9.17) is 21.3 Å². The van der Waals surface area contributed by atoms with Gasteiger partial charge in [-0.2, -0.15) is 0 Å². The second-order valence-electron chi connectivity index (χ2n) is 4.09. The minimum absolute atomic E-state index is 0.0510. The van der Waals surface area contributed by atoms with Crippen LogP contribution in [0.4, 0.5) is 0 Å². The van der Waals surface area contributed by atoms with Gasteiger partial charge in [0.05, 0.1) is 7.11 Å². The molecule has 0 aliphatic heterocycles. The first-order chi connectivity index (χ1) is 8.88. The Morgan fingerprint density at radius 2 is 2.00 bits per heavy atom. The smallest absolute Gasteiger partial charge is 0.200 e. The Bertz CT molecular complexity index is 489. The summed E-state index contributed by atoms with van der Waals surface area (Å²) in [5.74, 6) is 0.286. The van der Waals surface area contributed by atoms with Crippen LogP contribution >= 0.6 is 0 Å². The lowest BCUT2D eigenvalue weighted by Crippen LogP contribution is -2.45. The third kappa shape index (κ3) is 3.27. The van der Waals surface area contributed by atoms with Crippen molar-refractivity contribution in [2.24, 2.45) is 5.73 Å². The highest BCUT2D eigenvalue weighted by Gasteiger charge is 2.15. The Morgan fingerprint density at radius 1 is 1.37 bits per heavy atom. The third-order valence-corrected chi connectivity index (χ3v) is 2.75. The van der Waals surface area contributed by atoms with E-state index in [9.17, 15) is 5.11 Å². The maximum atomic E-state index is 9.96. The quantitative estimate of drug-likeness (QED) is 0.472. The van der Waals surface area contributed by atoms with E-state index in [0.717, 1.165) is 0 Å². The van der Waals surface area contributed by atoms with Gasteiger partial charge in [-0.25, -0.2) is 0 Å². The zero-order chi connectivity index (χ0) is 14.6. The minimum Gasteiger partial charge on any atom is -0.504 e. The van der Waals surface area contributed by atoms with Crippen LogP contribution in [0.1, 0.15) is 5.56 Å². The molecule has 1 rings (SSSR count). The fourth-order valence-electron chi connectivity index (χ4n) is 1.56. The van der Waals surface area contributed by atoms with Gasteiger partial charge in [0.1, 0.15) is 0 Å². The average Bonchev–Trinajstić information content (AvgIpc) is 2.39. The summed E-state index contributed by atoms with van der Waals surface area (Å²) in [6, 6.07) is 5.17. The SMILES string of the molecule is COc1cccc(CN(C)C(=N)N(C)C(=N)N)c1O. The van der Waals surface area contributed by atoms with Crippen molar-refractivity contribution >= 4 is 11.9 Å². The van der Waals surface area contributed by atoms with Crippen molar-refractivity contribution in [3.63, 3.8) is 0 Å². The van der Waals surface area contributed by atoms with Crippen LogP contribution in [0.25, 0.3) is 0 Å². The monoisotopic (exact) mass is 265 g/mol. The highest BCUT2D eigenvalue weighted by molar-refractivity contribution is 5.94. The number of rotatable bonds is 3. The minimum atomic E-state index is -0.216. The van der Waals surface area contributed by atoms with E-state index in [1.807, 2.05) is 0 Å². The van der Waals surface area contributed by atoms with Crippen LogP contribution in [0.3, 0.4) is 0 Å². The second kappa shape index (κ2) is 5.94. The molecule has 7 nitrogen and oxygen atoms in total. The lowest BCUT2D eigenvalue weighted by atomic mass is 10.2. The van der Waals surface area contributed by atoms with E-state index in [1.54, 1.807) is 30.1 Å². The molecule has 0 unspecified atom stereocenters. The number of hydrogen-bond donors (Lipinski definition) is 4. The molecule has 0 amide bonds. The summed E-state index contributed by atoms with van der Waals surface area (Å²) < 4.78 is 5.03. The summed E-state index contributed by atoms with van der Waals surface area (Å²) in [6.45, 7) is 0.305. The Hall–Kier alpha value is -2.44. The van der Waals surface area contributed by atoms with Gasteiger partial charge in [0.15, 0.2) is 23.4 Å². The van der Waals surface area contributed by atoms with Crippen molar-refractivity contribution in [1.82, 2.24) is 9.80 Å². The van der Waals surface area contributed by atoms with Gasteiger partial charge in [-0.15, -0.1) is 0 Å². The number of ether oxygens (including phenoxy) is 1. The Morgan fingerprint density at radius 3 is 2.53 bits per heavy atom. The van der Waals surface area contributed by atoms with Gasteiger partial charge in [-0.1, -0.05) is 12.1 Å². The predicted molar refractivity (Wildman–Crippen MR) is 73.5 cm³/mol. The second-order valence-corrected chi connectivity index (χ2v) is 4.09. The van der Waals surface area contributed by atoms with E-state index in [-0.39, 0.29) is 17.7 Å². The van der Waals surface area contributed by atoms with Gasteiger partial charge in [0.25, 0.3) is 0 Å². The lowest BCUT2D eigenvalue weighted by Gasteiger charge is -2.27. The summed E-state index contributed by atoms with van der Waals surface area (Å²) in [7, 11) is 4.70. The summed E-state index contributed by atoms with van der Waals surface area (Å²) >= 11 is 0. The zero-order valence-corrected chi connectivity index (χ0v) is 11.3. The molecule has 0 atom stereocenters. The third-order valence-electron chi connectivity index (χ3n) is 2.75. The van der Waals surface area contributed by atoms with Crippen LogP contribution in [-0.4, -0.2) is 48.0 Å². The molecule has 0 aromatic heterocycles. The van der Waals surface area contributed by atoms with Gasteiger partial charge in [-0.3, -0.25) is 15.7 Å². The van der Waals surface area contributed by atoms with Crippen LogP contribution in [0.15, 0.2) is 18.2 Å². The molecular formula is C12H19N5O2. The van der Waals surface area contributed by atoms with E-state index >= 15 is 0 Å². The molecule has 104 valence electrons. The normalized spacial score (nSPS) is 9.84. The van der Waals surface area contributed by atoms with Gasteiger partial charge in [0.2, 0.25) is 0 Å². The predicted octanol–water partition coefficient (Wildman–Crippen LogP) is 0.593. The number of methoxy groups -OCH3 is 1. The Balaban J connectivity index is 2.85. The van der Waals surface area contributed by atoms with Crippen LogP contribution in [0, 0.1) is 10.8 Å². The van der Waals surface area contributed by atoms with E-state index in [1.165, 1.54) is 19.1 Å². The van der Waals surface area contributed by atoms with Gasteiger partial charge in [-0.05, 0) is 6.07 Å². The van der Waals surface area contributed by atoms with Crippen LogP contribution < -0.4 is 10.5 Å². The number of benzene rings is 1. The molecule has 0 bridgehead atoms. The number of nitrogens with zero attached hydrogens (tertiary/aromatic N) is 2. The number of guanidine groups is 2. The molecule has 0 radical (unpaired) electrons. The largest absolute Gasteiger partial charge is 0.504 e. The number of aromatic hydroxyl groups is 1. The Labute approximate surface area is 112 Å². The first-order valence-electron chi connectivity index (χ1n) is 5.60. The topological polar surface area (TPSA) is 110 Å². The number of hydrogen-bond acceptors (Lipinski definition) is 4. The number of phenolic OH excluding ortho intramolecular Hbond substituents is 1. The van der Waals surface area contributed by atoms with Gasteiger partial charge >= 0.3 is 0 Å². The average molecular weight is 265 g/mol. The van der Waals surface area contributed by atoms with Gasteiger partial charge < -0.3 is 20.5 Å². The summed E-state index contributed by atoms with van der Waals surface area (Å²) in [5, 5.41) is 25.1. The fourth-order valence-corrected chi connectivity index (χ4v) is 1.56. The number of para-hydroxylation sites is 1. The molecule has 0 fully saturated rings. The number of nitrogens with two attached hydrogens (primary N) is 1. The maximum Gasteiger partial charge on any atom is 0.200 e. The summed E-state index contributed by atoms with van der Waals surface area (Å²) in [6.07, 6.45) is 0. The van der Waals surface area contributed by atoms with Crippen LogP contribution in [-0.2, 0) is 6.54 Å². The molecule has 5 N–H and O–H groups in total. The first kappa shape index (κ1) is 14.6. The molecule has 1 aromatic carbocycles. The summed E-state index contributed by atoms with van der Waals surface area (Å²) in [5.41, 5.74) is 5.94. The number of nitrogens with one attached hydrogen (secondary N) is 2. The maximum absolute atomic E-state index is 9.96. The molecule has 0 spiro atoms. The molecule has 0 heterocycles. The van der Waals surface area contributed by atoms with Crippen molar-refractivity contribution < 1.29 is 9.84 Å². The molecule has 0 saturated heterocycles. The molecular weight excluding hydrogens is 246 g/mol. The Kier molecular flexibility index (Phi) is 4.57. The fraction of sp³-hybridized carbons (Fsp3) is 0.333. The van der Waals surface area contributed by atoms with Crippen molar-refractivity contribution in [3.8, 4) is 11.5 Å². The van der Waals surface area contributed by atoms with Crippen molar-refractivity contribution in [2.75, 3.05) is 21.2 Å². The molecule has 7 heteroatoms. The molecule has 0 saturated carbocycles. The van der Waals surface area contributed by atoms with Crippen LogP contribution in [0.5, 0.6) is 11.5 Å².